The van der Waals surface area contributed by atoms with E-state index < -0.39 is 11.9 Å². The van der Waals surface area contributed by atoms with Gasteiger partial charge in [0.15, 0.2) is 0 Å². The van der Waals surface area contributed by atoms with Crippen LogP contribution in [0.3, 0.4) is 0 Å². The van der Waals surface area contributed by atoms with Crippen molar-refractivity contribution in [3.8, 4) is 0 Å². The van der Waals surface area contributed by atoms with Crippen LogP contribution >= 0.6 is 0 Å². The summed E-state index contributed by atoms with van der Waals surface area (Å²) in [7, 11) is 0. The Morgan fingerprint density at radius 1 is 1.40 bits per heavy atom. The Morgan fingerprint density at radius 2 is 2.07 bits per heavy atom. The Kier molecular flexibility index (Phi) is 2.90. The molecule has 0 aromatic heterocycles. The summed E-state index contributed by atoms with van der Waals surface area (Å²) in [5.74, 6) is -1.33. The third-order valence-electron chi connectivity index (χ3n) is 3.26. The van der Waals surface area contributed by atoms with Crippen molar-refractivity contribution in [2.24, 2.45) is 5.92 Å². The van der Waals surface area contributed by atoms with Gasteiger partial charge >= 0.3 is 5.97 Å². The fourth-order valence-corrected chi connectivity index (χ4v) is 2.37. The number of carbonyl (C=O) groups is 2. The number of carboxylic acids is 1. The monoisotopic (exact) mass is 212 g/mol. The number of rotatable bonds is 2. The molecule has 0 bridgehead atoms. The second kappa shape index (κ2) is 4.18. The number of nitrogens with one attached hydrogen (secondary N) is 1. The van der Waals surface area contributed by atoms with Crippen molar-refractivity contribution in [1.82, 2.24) is 10.2 Å². The van der Waals surface area contributed by atoms with Crippen LogP contribution in [0, 0.1) is 5.92 Å². The lowest BCUT2D eigenvalue weighted by molar-refractivity contribution is -0.141. The van der Waals surface area contributed by atoms with E-state index in [1.165, 1.54) is 0 Å². The summed E-state index contributed by atoms with van der Waals surface area (Å²) in [6.07, 6.45) is 2.06. The van der Waals surface area contributed by atoms with Gasteiger partial charge < -0.3 is 15.3 Å². The minimum Gasteiger partial charge on any atom is -0.481 e. The summed E-state index contributed by atoms with van der Waals surface area (Å²) < 4.78 is 0. The number of amides is 1. The maximum Gasteiger partial charge on any atom is 0.308 e. The first-order valence-corrected chi connectivity index (χ1v) is 5.41. The van der Waals surface area contributed by atoms with Crippen molar-refractivity contribution in [2.45, 2.75) is 25.3 Å². The summed E-state index contributed by atoms with van der Waals surface area (Å²) in [6.45, 7) is 2.25. The van der Waals surface area contributed by atoms with Crippen LogP contribution < -0.4 is 5.32 Å². The lowest BCUT2D eigenvalue weighted by atomic mass is 10.1. The van der Waals surface area contributed by atoms with Crippen molar-refractivity contribution in [3.05, 3.63) is 0 Å². The molecule has 1 amide bonds. The lowest BCUT2D eigenvalue weighted by Gasteiger charge is -2.31. The fourth-order valence-electron chi connectivity index (χ4n) is 2.37. The number of carboxylic acid groups (broad SMARTS) is 1. The highest BCUT2D eigenvalue weighted by atomic mass is 16.4. The molecular weight excluding hydrogens is 196 g/mol. The highest BCUT2D eigenvalue weighted by Crippen LogP contribution is 2.23. The van der Waals surface area contributed by atoms with E-state index >= 15 is 0 Å². The Bertz CT molecular complexity index is 274. The van der Waals surface area contributed by atoms with Gasteiger partial charge in [-0.25, -0.2) is 0 Å². The molecule has 2 aliphatic heterocycles. The van der Waals surface area contributed by atoms with Crippen LogP contribution in [0.25, 0.3) is 0 Å². The molecule has 0 radical (unpaired) electrons. The predicted molar refractivity (Wildman–Crippen MR) is 53.3 cm³/mol. The Morgan fingerprint density at radius 3 is 2.60 bits per heavy atom. The zero-order valence-corrected chi connectivity index (χ0v) is 8.61. The van der Waals surface area contributed by atoms with Crippen LogP contribution in [0.1, 0.15) is 19.3 Å². The summed E-state index contributed by atoms with van der Waals surface area (Å²) in [5.41, 5.74) is 0. The van der Waals surface area contributed by atoms with Crippen molar-refractivity contribution in [1.29, 1.82) is 0 Å². The second-order valence-corrected chi connectivity index (χ2v) is 4.27. The third-order valence-corrected chi connectivity index (χ3v) is 3.26. The van der Waals surface area contributed by atoms with E-state index in [1.54, 1.807) is 4.90 Å². The fraction of sp³-hybridized carbons (Fsp3) is 0.800. The molecule has 0 aromatic carbocycles. The number of aliphatic carboxylic acids is 1. The average Bonchev–Trinajstić information content (AvgIpc) is 2.62. The molecule has 0 aliphatic carbocycles. The van der Waals surface area contributed by atoms with Crippen LogP contribution in [0.2, 0.25) is 0 Å². The first kappa shape index (κ1) is 10.4. The quantitative estimate of drug-likeness (QED) is 0.657. The van der Waals surface area contributed by atoms with Gasteiger partial charge in [0.25, 0.3) is 0 Å². The van der Waals surface area contributed by atoms with Crippen LogP contribution in [-0.4, -0.2) is 47.6 Å². The van der Waals surface area contributed by atoms with Gasteiger partial charge in [-0.2, -0.15) is 0 Å². The number of piperidine rings is 1. The number of hydrogen-bond donors (Lipinski definition) is 2. The van der Waals surface area contributed by atoms with Crippen LogP contribution in [-0.2, 0) is 9.59 Å². The molecule has 5 heteroatoms. The summed E-state index contributed by atoms with van der Waals surface area (Å²) >= 11 is 0. The van der Waals surface area contributed by atoms with Crippen molar-refractivity contribution in [2.75, 3.05) is 19.6 Å². The maximum absolute atomic E-state index is 11.6. The number of likely N-dealkylation sites (tertiary alicyclic amines) is 1. The summed E-state index contributed by atoms with van der Waals surface area (Å²) in [6, 6.07) is 0.253. The molecule has 2 saturated heterocycles. The molecule has 15 heavy (non-hydrogen) atoms. The molecule has 2 rings (SSSR count). The van der Waals surface area contributed by atoms with E-state index in [9.17, 15) is 9.59 Å². The molecule has 2 aliphatic rings. The molecule has 5 nitrogen and oxygen atoms in total. The van der Waals surface area contributed by atoms with E-state index in [0.29, 0.717) is 6.54 Å². The minimum atomic E-state index is -0.847. The number of nitrogens with zero attached hydrogens (tertiary/aromatic N) is 1. The Labute approximate surface area is 88.4 Å². The van der Waals surface area contributed by atoms with Crippen molar-refractivity contribution < 1.29 is 14.7 Å². The standard InChI is InChI=1S/C10H16N2O3/c13-9-5-7(10(14)15)6-12(9)8-1-3-11-4-2-8/h7-8,11H,1-6H2,(H,14,15)/t7-/m1/s1. The topological polar surface area (TPSA) is 69.6 Å². The second-order valence-electron chi connectivity index (χ2n) is 4.27. The van der Waals surface area contributed by atoms with Crippen molar-refractivity contribution in [3.63, 3.8) is 0 Å². The first-order chi connectivity index (χ1) is 7.18. The molecule has 0 saturated carbocycles. The van der Waals surface area contributed by atoms with E-state index in [0.717, 1.165) is 25.9 Å². The molecule has 1 atom stereocenters. The Balaban J connectivity index is 1.97. The molecule has 0 unspecified atom stereocenters. The van der Waals surface area contributed by atoms with Gasteiger partial charge in [0.05, 0.1) is 5.92 Å². The normalized spacial score (nSPS) is 28.4. The van der Waals surface area contributed by atoms with Gasteiger partial charge in [-0.1, -0.05) is 0 Å². The molecular formula is C10H16N2O3. The molecule has 84 valence electrons. The molecule has 2 N–H and O–H groups in total. The van der Waals surface area contributed by atoms with Gasteiger partial charge in [-0.05, 0) is 25.9 Å². The number of hydrogen-bond acceptors (Lipinski definition) is 3. The SMILES string of the molecule is O=C(O)[C@@H]1CC(=O)N(C2CCNCC2)C1. The molecule has 2 fully saturated rings. The van der Waals surface area contributed by atoms with E-state index in [1.807, 2.05) is 0 Å². The lowest BCUT2D eigenvalue weighted by Crippen LogP contribution is -2.44. The van der Waals surface area contributed by atoms with Gasteiger partial charge in [0.2, 0.25) is 5.91 Å². The number of carbonyl (C=O) groups excluding carboxylic acids is 1. The molecule has 2 heterocycles. The van der Waals surface area contributed by atoms with Gasteiger partial charge in [-0.15, -0.1) is 0 Å². The van der Waals surface area contributed by atoms with E-state index in [2.05, 4.69) is 5.32 Å². The third kappa shape index (κ3) is 2.12. The van der Waals surface area contributed by atoms with Crippen LogP contribution in [0.5, 0.6) is 0 Å². The molecule has 0 aromatic rings. The van der Waals surface area contributed by atoms with Gasteiger partial charge in [-0.3, -0.25) is 9.59 Å². The molecule has 0 spiro atoms. The summed E-state index contributed by atoms with van der Waals surface area (Å²) in [4.78, 5) is 24.2. The van der Waals surface area contributed by atoms with Crippen LogP contribution in [0.15, 0.2) is 0 Å². The average molecular weight is 212 g/mol. The minimum absolute atomic E-state index is 0.00861. The Hall–Kier alpha value is -1.10. The zero-order chi connectivity index (χ0) is 10.8. The highest BCUT2D eigenvalue weighted by molar-refractivity contribution is 5.86. The van der Waals surface area contributed by atoms with Gasteiger partial charge in [0, 0.05) is 19.0 Å². The largest absolute Gasteiger partial charge is 0.481 e. The van der Waals surface area contributed by atoms with E-state index in [4.69, 9.17) is 5.11 Å². The highest BCUT2D eigenvalue weighted by Gasteiger charge is 2.37. The zero-order valence-electron chi connectivity index (χ0n) is 8.61. The first-order valence-electron chi connectivity index (χ1n) is 5.41. The van der Waals surface area contributed by atoms with E-state index in [-0.39, 0.29) is 18.4 Å². The smallest absolute Gasteiger partial charge is 0.308 e. The maximum atomic E-state index is 11.6. The predicted octanol–water partition coefficient (Wildman–Crippen LogP) is -0.329. The summed E-state index contributed by atoms with van der Waals surface area (Å²) in [5, 5.41) is 12.1. The van der Waals surface area contributed by atoms with Gasteiger partial charge in [0.1, 0.15) is 0 Å². The van der Waals surface area contributed by atoms with Crippen LogP contribution in [0.4, 0.5) is 0 Å². The van der Waals surface area contributed by atoms with Crippen molar-refractivity contribution >= 4 is 11.9 Å².